The molecule has 0 bridgehead atoms. The van der Waals surface area contributed by atoms with Gasteiger partial charge in [-0.25, -0.2) is 14.8 Å². The van der Waals surface area contributed by atoms with Crippen molar-refractivity contribution in [1.82, 2.24) is 20.6 Å². The number of hydrogen-bond donors (Lipinski definition) is 2. The SMILES string of the molecule is CNC(=O)NC(=O)C(C)Sc1nc(C)nc(C)c1C#N. The van der Waals surface area contributed by atoms with E-state index in [1.807, 2.05) is 6.07 Å². The van der Waals surface area contributed by atoms with Gasteiger partial charge in [0, 0.05) is 7.05 Å². The number of carbonyl (C=O) groups excluding carboxylic acids is 2. The van der Waals surface area contributed by atoms with Crippen LogP contribution in [0.4, 0.5) is 4.79 Å². The van der Waals surface area contributed by atoms with Gasteiger partial charge >= 0.3 is 6.03 Å². The summed E-state index contributed by atoms with van der Waals surface area (Å²) in [5.74, 6) is 0.0788. The van der Waals surface area contributed by atoms with Crippen molar-refractivity contribution in [3.05, 3.63) is 17.1 Å². The second-order valence-electron chi connectivity index (χ2n) is 3.98. The number of amides is 3. The van der Waals surface area contributed by atoms with Crippen molar-refractivity contribution in [2.24, 2.45) is 0 Å². The first-order chi connectivity index (χ1) is 9.38. The van der Waals surface area contributed by atoms with Gasteiger partial charge in [-0.3, -0.25) is 10.1 Å². The number of aryl methyl sites for hydroxylation is 2. The normalized spacial score (nSPS) is 11.3. The summed E-state index contributed by atoms with van der Waals surface area (Å²) in [6.45, 7) is 5.07. The lowest BCUT2D eigenvalue weighted by Gasteiger charge is -2.12. The predicted molar refractivity (Wildman–Crippen MR) is 74.1 cm³/mol. The van der Waals surface area contributed by atoms with Gasteiger partial charge < -0.3 is 5.32 Å². The lowest BCUT2D eigenvalue weighted by atomic mass is 10.3. The van der Waals surface area contributed by atoms with E-state index in [0.717, 1.165) is 11.8 Å². The van der Waals surface area contributed by atoms with E-state index in [4.69, 9.17) is 5.26 Å². The highest BCUT2D eigenvalue weighted by molar-refractivity contribution is 8.00. The highest BCUT2D eigenvalue weighted by Gasteiger charge is 2.20. The molecule has 1 aromatic heterocycles. The van der Waals surface area contributed by atoms with Gasteiger partial charge in [-0.1, -0.05) is 11.8 Å². The maximum atomic E-state index is 11.8. The van der Waals surface area contributed by atoms with Crippen LogP contribution in [-0.4, -0.2) is 34.2 Å². The second-order valence-corrected chi connectivity index (χ2v) is 5.31. The van der Waals surface area contributed by atoms with Gasteiger partial charge in [0.25, 0.3) is 0 Å². The predicted octanol–water partition coefficient (Wildman–Crippen LogP) is 0.901. The number of nitrogens with zero attached hydrogens (tertiary/aromatic N) is 3. The average molecular weight is 293 g/mol. The third-order valence-corrected chi connectivity index (χ3v) is 3.49. The third kappa shape index (κ3) is 3.93. The van der Waals surface area contributed by atoms with E-state index in [1.165, 1.54) is 7.05 Å². The summed E-state index contributed by atoms with van der Waals surface area (Å²) in [6, 6.07) is 1.46. The molecule has 0 saturated carbocycles. The maximum Gasteiger partial charge on any atom is 0.321 e. The highest BCUT2D eigenvalue weighted by Crippen LogP contribution is 2.26. The summed E-state index contributed by atoms with van der Waals surface area (Å²) in [6.07, 6.45) is 0. The number of hydrogen-bond acceptors (Lipinski definition) is 6. The number of aromatic nitrogens is 2. The lowest BCUT2D eigenvalue weighted by Crippen LogP contribution is -2.41. The van der Waals surface area contributed by atoms with Gasteiger partial charge in [0.15, 0.2) is 0 Å². The van der Waals surface area contributed by atoms with E-state index in [1.54, 1.807) is 20.8 Å². The Kier molecular flexibility index (Phi) is 5.46. The molecular formula is C12H15N5O2S. The van der Waals surface area contributed by atoms with Crippen LogP contribution in [0.2, 0.25) is 0 Å². The largest absolute Gasteiger partial charge is 0.341 e. The zero-order valence-corrected chi connectivity index (χ0v) is 12.5. The van der Waals surface area contributed by atoms with Gasteiger partial charge in [-0.05, 0) is 20.8 Å². The molecule has 20 heavy (non-hydrogen) atoms. The minimum absolute atomic E-state index is 0.347. The number of rotatable bonds is 3. The highest BCUT2D eigenvalue weighted by atomic mass is 32.2. The van der Waals surface area contributed by atoms with Crippen LogP contribution in [0.5, 0.6) is 0 Å². The molecule has 0 aliphatic carbocycles. The number of nitrogens with one attached hydrogen (secondary N) is 2. The summed E-state index contributed by atoms with van der Waals surface area (Å²) in [5, 5.41) is 13.5. The molecule has 1 rings (SSSR count). The Bertz CT molecular complexity index is 582. The van der Waals surface area contributed by atoms with Gasteiger partial charge in [-0.2, -0.15) is 5.26 Å². The number of imide groups is 1. The van der Waals surface area contributed by atoms with Crippen LogP contribution >= 0.6 is 11.8 Å². The van der Waals surface area contributed by atoms with Gasteiger partial charge in [0.05, 0.1) is 10.9 Å². The van der Waals surface area contributed by atoms with E-state index in [-0.39, 0.29) is 0 Å². The molecule has 0 aromatic carbocycles. The van der Waals surface area contributed by atoms with Crippen molar-refractivity contribution in [1.29, 1.82) is 5.26 Å². The quantitative estimate of drug-likeness (QED) is 0.633. The molecule has 0 spiro atoms. The van der Waals surface area contributed by atoms with E-state index < -0.39 is 17.2 Å². The van der Waals surface area contributed by atoms with E-state index in [2.05, 4.69) is 20.6 Å². The van der Waals surface area contributed by atoms with Crippen LogP contribution in [-0.2, 0) is 4.79 Å². The molecule has 0 aliphatic rings. The van der Waals surface area contributed by atoms with Crippen molar-refractivity contribution >= 4 is 23.7 Å². The van der Waals surface area contributed by atoms with Gasteiger partial charge in [-0.15, -0.1) is 0 Å². The Labute approximate surface area is 121 Å². The van der Waals surface area contributed by atoms with Crippen LogP contribution in [0.3, 0.4) is 0 Å². The van der Waals surface area contributed by atoms with E-state index in [0.29, 0.717) is 22.1 Å². The van der Waals surface area contributed by atoms with E-state index in [9.17, 15) is 9.59 Å². The van der Waals surface area contributed by atoms with Crippen molar-refractivity contribution in [3.63, 3.8) is 0 Å². The number of carbonyl (C=O) groups is 2. The summed E-state index contributed by atoms with van der Waals surface area (Å²) in [4.78, 5) is 31.1. The fourth-order valence-corrected chi connectivity index (χ4v) is 2.39. The van der Waals surface area contributed by atoms with Crippen LogP contribution < -0.4 is 10.6 Å². The van der Waals surface area contributed by atoms with Crippen LogP contribution in [0.1, 0.15) is 24.0 Å². The Balaban J connectivity index is 2.91. The van der Waals surface area contributed by atoms with Crippen molar-refractivity contribution in [2.45, 2.75) is 31.0 Å². The first-order valence-corrected chi connectivity index (χ1v) is 6.71. The molecule has 0 aliphatic heterocycles. The number of nitriles is 1. The summed E-state index contributed by atoms with van der Waals surface area (Å²) in [7, 11) is 1.42. The summed E-state index contributed by atoms with van der Waals surface area (Å²) in [5.41, 5.74) is 0.918. The molecule has 1 unspecified atom stereocenters. The van der Waals surface area contributed by atoms with Crippen molar-refractivity contribution in [3.8, 4) is 6.07 Å². The second kappa shape index (κ2) is 6.86. The van der Waals surface area contributed by atoms with Crippen molar-refractivity contribution in [2.75, 3.05) is 7.05 Å². The van der Waals surface area contributed by atoms with Crippen LogP contribution in [0.15, 0.2) is 5.03 Å². The average Bonchev–Trinajstić information content (AvgIpc) is 2.37. The van der Waals surface area contributed by atoms with Crippen LogP contribution in [0, 0.1) is 25.2 Å². The first-order valence-electron chi connectivity index (χ1n) is 5.83. The summed E-state index contributed by atoms with van der Waals surface area (Å²) < 4.78 is 0. The zero-order chi connectivity index (χ0) is 15.3. The Hall–Kier alpha value is -2.14. The molecule has 1 heterocycles. The molecule has 7 nitrogen and oxygen atoms in total. The molecule has 3 amide bonds. The topological polar surface area (TPSA) is 108 Å². The molecule has 1 atom stereocenters. The molecule has 0 saturated heterocycles. The maximum absolute atomic E-state index is 11.8. The molecule has 106 valence electrons. The molecule has 0 radical (unpaired) electrons. The van der Waals surface area contributed by atoms with Gasteiger partial charge in [0.2, 0.25) is 5.91 Å². The third-order valence-electron chi connectivity index (χ3n) is 2.40. The Morgan fingerprint density at radius 3 is 2.55 bits per heavy atom. The minimum Gasteiger partial charge on any atom is -0.341 e. The fraction of sp³-hybridized carbons (Fsp3) is 0.417. The minimum atomic E-state index is -0.571. The Morgan fingerprint density at radius 2 is 2.00 bits per heavy atom. The lowest BCUT2D eigenvalue weighted by molar-refractivity contribution is -0.119. The monoisotopic (exact) mass is 293 g/mol. The molecule has 0 fully saturated rings. The number of urea groups is 1. The first kappa shape index (κ1) is 15.9. The standard InChI is InChI=1S/C12H15N5O2S/c1-6-9(5-13)11(16-8(3)15-6)20-7(2)10(18)17-12(19)14-4/h7H,1-4H3,(H2,14,17,18,19). The fourth-order valence-electron chi connectivity index (χ4n) is 1.39. The summed E-state index contributed by atoms with van der Waals surface area (Å²) >= 11 is 1.12. The Morgan fingerprint density at radius 1 is 1.35 bits per heavy atom. The van der Waals surface area contributed by atoms with Crippen molar-refractivity contribution < 1.29 is 9.59 Å². The molecule has 1 aromatic rings. The van der Waals surface area contributed by atoms with Gasteiger partial charge in [0.1, 0.15) is 22.5 Å². The molecule has 2 N–H and O–H groups in total. The smallest absolute Gasteiger partial charge is 0.321 e. The molecular weight excluding hydrogens is 278 g/mol. The van der Waals surface area contributed by atoms with E-state index >= 15 is 0 Å². The molecule has 8 heteroatoms. The zero-order valence-electron chi connectivity index (χ0n) is 11.6. The van der Waals surface area contributed by atoms with Crippen LogP contribution in [0.25, 0.3) is 0 Å². The number of thioether (sulfide) groups is 1.